The largest absolute Gasteiger partial charge is 0.497 e. The van der Waals surface area contributed by atoms with E-state index in [1.54, 1.807) is 37.1 Å². The van der Waals surface area contributed by atoms with E-state index in [1.165, 1.54) is 16.0 Å². The molecule has 0 aliphatic carbocycles. The molecule has 1 N–H and O–H groups in total. The smallest absolute Gasteiger partial charge is 0.291 e. The molecule has 0 fully saturated rings. The topological polar surface area (TPSA) is 86.9 Å². The van der Waals surface area contributed by atoms with E-state index >= 15 is 0 Å². The molecule has 0 spiro atoms. The lowest BCUT2D eigenvalue weighted by Crippen LogP contribution is -2.35. The van der Waals surface area contributed by atoms with E-state index in [-0.39, 0.29) is 24.1 Å². The van der Waals surface area contributed by atoms with Crippen LogP contribution in [-0.2, 0) is 11.3 Å². The number of thiophene rings is 1. The van der Waals surface area contributed by atoms with E-state index in [0.29, 0.717) is 17.0 Å². The second-order valence-electron chi connectivity index (χ2n) is 6.57. The van der Waals surface area contributed by atoms with Crippen molar-refractivity contribution in [3.05, 3.63) is 58.0 Å². The highest BCUT2D eigenvalue weighted by Gasteiger charge is 2.17. The molecule has 0 radical (unpaired) electrons. The summed E-state index contributed by atoms with van der Waals surface area (Å²) in [5, 5.41) is 9.99. The number of nitrogens with one attached hydrogen (secondary N) is 1. The highest BCUT2D eigenvalue weighted by molar-refractivity contribution is 7.16. The number of hydrogen-bond acceptors (Lipinski definition) is 6. The highest BCUT2D eigenvalue weighted by atomic mass is 32.1. The normalized spacial score (nSPS) is 12.2. The molecule has 3 aromatic heterocycles. The minimum absolute atomic E-state index is 0.176. The SMILES string of the molecule is COc1ccc(OC)c([C@@H](C)NC(=O)Cn2ncn3c(cc4ccsc43)c2=O)c1. The zero-order valence-electron chi connectivity index (χ0n) is 16.2. The molecule has 0 aliphatic heterocycles. The minimum atomic E-state index is -0.342. The van der Waals surface area contributed by atoms with Gasteiger partial charge in [0, 0.05) is 10.9 Å². The third-order valence-corrected chi connectivity index (χ3v) is 5.71. The summed E-state index contributed by atoms with van der Waals surface area (Å²) < 4.78 is 13.6. The van der Waals surface area contributed by atoms with E-state index in [0.717, 1.165) is 15.8 Å². The summed E-state index contributed by atoms with van der Waals surface area (Å²) in [6.07, 6.45) is 1.57. The molecular formula is C20H20N4O4S. The number of carbonyl (C=O) groups excluding carboxylic acids is 1. The summed E-state index contributed by atoms with van der Waals surface area (Å²) in [5.41, 5.74) is 0.970. The van der Waals surface area contributed by atoms with Crippen molar-refractivity contribution in [2.24, 2.45) is 0 Å². The van der Waals surface area contributed by atoms with Crippen LogP contribution in [0, 0.1) is 0 Å². The fraction of sp³-hybridized carbons (Fsp3) is 0.250. The van der Waals surface area contributed by atoms with Gasteiger partial charge in [0.25, 0.3) is 5.56 Å². The molecule has 1 aromatic carbocycles. The average molecular weight is 412 g/mol. The van der Waals surface area contributed by atoms with Crippen LogP contribution in [0.1, 0.15) is 18.5 Å². The lowest BCUT2D eigenvalue weighted by Gasteiger charge is -2.18. The molecule has 4 rings (SSSR count). The molecule has 9 heteroatoms. The first kappa shape index (κ1) is 19.0. The van der Waals surface area contributed by atoms with Gasteiger partial charge in [-0.1, -0.05) is 0 Å². The zero-order chi connectivity index (χ0) is 20.5. The van der Waals surface area contributed by atoms with Gasteiger partial charge in [-0.15, -0.1) is 11.3 Å². The Morgan fingerprint density at radius 3 is 2.83 bits per heavy atom. The fourth-order valence-electron chi connectivity index (χ4n) is 3.31. The molecule has 8 nitrogen and oxygen atoms in total. The van der Waals surface area contributed by atoms with Crippen molar-refractivity contribution in [1.29, 1.82) is 0 Å². The molecular weight excluding hydrogens is 392 g/mol. The van der Waals surface area contributed by atoms with Crippen LogP contribution in [0.15, 0.2) is 46.8 Å². The second kappa shape index (κ2) is 7.59. The predicted octanol–water partition coefficient (Wildman–Crippen LogP) is 2.61. The molecule has 0 saturated heterocycles. The molecule has 1 amide bonds. The monoisotopic (exact) mass is 412 g/mol. The van der Waals surface area contributed by atoms with Gasteiger partial charge >= 0.3 is 0 Å². The Bertz CT molecular complexity index is 1260. The minimum Gasteiger partial charge on any atom is -0.497 e. The summed E-state index contributed by atoms with van der Waals surface area (Å²) >= 11 is 1.54. The Labute approximate surface area is 170 Å². The number of rotatable bonds is 6. The van der Waals surface area contributed by atoms with E-state index in [1.807, 2.05) is 30.5 Å². The molecule has 3 heterocycles. The lowest BCUT2D eigenvalue weighted by molar-refractivity contribution is -0.122. The number of benzene rings is 1. The maximum atomic E-state index is 12.7. The Balaban J connectivity index is 1.55. The van der Waals surface area contributed by atoms with Gasteiger partial charge in [-0.2, -0.15) is 5.10 Å². The van der Waals surface area contributed by atoms with Crippen LogP contribution in [0.25, 0.3) is 15.7 Å². The molecule has 0 aliphatic rings. The first-order valence-electron chi connectivity index (χ1n) is 8.97. The van der Waals surface area contributed by atoms with Gasteiger partial charge in [-0.05, 0) is 42.6 Å². The molecule has 4 aromatic rings. The number of aromatic nitrogens is 3. The first-order valence-corrected chi connectivity index (χ1v) is 9.85. The van der Waals surface area contributed by atoms with E-state index in [4.69, 9.17) is 9.47 Å². The van der Waals surface area contributed by atoms with Gasteiger partial charge in [-0.25, -0.2) is 4.68 Å². The quantitative estimate of drug-likeness (QED) is 0.526. The van der Waals surface area contributed by atoms with E-state index < -0.39 is 0 Å². The standard InChI is InChI=1S/C20H20N4O4S/c1-12(15-9-14(27-2)4-5-17(15)28-3)22-18(25)10-24-19(26)16-8-13-6-7-29-20(13)23(16)11-21-24/h4-9,11-12H,10H2,1-3H3,(H,22,25)/t12-/m1/s1. The zero-order valence-corrected chi connectivity index (χ0v) is 17.0. The maximum absolute atomic E-state index is 12.7. The van der Waals surface area contributed by atoms with Gasteiger partial charge in [0.2, 0.25) is 5.91 Å². The third kappa shape index (κ3) is 3.44. The van der Waals surface area contributed by atoms with Crippen LogP contribution in [0.3, 0.4) is 0 Å². The van der Waals surface area contributed by atoms with Crippen molar-refractivity contribution in [3.63, 3.8) is 0 Å². The number of amides is 1. The van der Waals surface area contributed by atoms with Crippen LogP contribution in [-0.4, -0.2) is 34.3 Å². The predicted molar refractivity (Wildman–Crippen MR) is 111 cm³/mol. The highest BCUT2D eigenvalue weighted by Crippen LogP contribution is 2.29. The Kier molecular flexibility index (Phi) is 4.98. The van der Waals surface area contributed by atoms with Crippen molar-refractivity contribution >= 4 is 33.0 Å². The summed E-state index contributed by atoms with van der Waals surface area (Å²) in [7, 11) is 3.15. The van der Waals surface area contributed by atoms with Crippen LogP contribution in [0.5, 0.6) is 11.5 Å². The van der Waals surface area contributed by atoms with E-state index in [9.17, 15) is 9.59 Å². The van der Waals surface area contributed by atoms with Crippen LogP contribution in [0.2, 0.25) is 0 Å². The van der Waals surface area contributed by atoms with E-state index in [2.05, 4.69) is 10.4 Å². The second-order valence-corrected chi connectivity index (χ2v) is 7.47. The first-order chi connectivity index (χ1) is 14.0. The summed E-state index contributed by atoms with van der Waals surface area (Å²) in [5.74, 6) is 0.983. The van der Waals surface area contributed by atoms with Gasteiger partial charge < -0.3 is 14.8 Å². The molecule has 0 saturated carbocycles. The molecule has 0 unspecified atom stereocenters. The Hall–Kier alpha value is -3.33. The Morgan fingerprint density at radius 2 is 2.07 bits per heavy atom. The van der Waals surface area contributed by atoms with Crippen molar-refractivity contribution in [2.45, 2.75) is 19.5 Å². The van der Waals surface area contributed by atoms with Crippen molar-refractivity contribution in [2.75, 3.05) is 14.2 Å². The van der Waals surface area contributed by atoms with Gasteiger partial charge in [0.05, 0.1) is 20.3 Å². The molecule has 0 bridgehead atoms. The number of fused-ring (bicyclic) bond motifs is 3. The average Bonchev–Trinajstić information content (AvgIpc) is 3.31. The third-order valence-electron chi connectivity index (χ3n) is 4.78. The summed E-state index contributed by atoms with van der Waals surface area (Å²) in [6, 6.07) is 8.81. The Morgan fingerprint density at radius 1 is 1.24 bits per heavy atom. The lowest BCUT2D eigenvalue weighted by atomic mass is 10.1. The van der Waals surface area contributed by atoms with Crippen LogP contribution in [0.4, 0.5) is 0 Å². The number of ether oxygens (including phenoxy) is 2. The number of methoxy groups -OCH3 is 2. The molecule has 150 valence electrons. The number of hydrogen-bond donors (Lipinski definition) is 1. The number of carbonyl (C=O) groups is 1. The molecule has 1 atom stereocenters. The van der Waals surface area contributed by atoms with Crippen molar-refractivity contribution in [3.8, 4) is 11.5 Å². The van der Waals surface area contributed by atoms with Crippen molar-refractivity contribution < 1.29 is 14.3 Å². The van der Waals surface area contributed by atoms with Crippen LogP contribution >= 0.6 is 11.3 Å². The van der Waals surface area contributed by atoms with Gasteiger partial charge in [0.1, 0.15) is 34.7 Å². The summed E-state index contributed by atoms with van der Waals surface area (Å²) in [6.45, 7) is 1.67. The van der Waals surface area contributed by atoms with Crippen molar-refractivity contribution in [1.82, 2.24) is 19.5 Å². The number of nitrogens with zero attached hydrogens (tertiary/aromatic N) is 3. The molecule has 29 heavy (non-hydrogen) atoms. The van der Waals surface area contributed by atoms with Gasteiger partial charge in [-0.3, -0.25) is 14.0 Å². The van der Waals surface area contributed by atoms with Gasteiger partial charge in [0.15, 0.2) is 0 Å². The van der Waals surface area contributed by atoms with Crippen LogP contribution < -0.4 is 20.3 Å². The fourth-order valence-corrected chi connectivity index (χ4v) is 4.18. The summed E-state index contributed by atoms with van der Waals surface area (Å²) in [4.78, 5) is 26.3. The maximum Gasteiger partial charge on any atom is 0.291 e.